The van der Waals surface area contributed by atoms with Gasteiger partial charge < -0.3 is 9.63 Å². The topological polar surface area (TPSA) is 63.3 Å². The monoisotopic (exact) mass is 251 g/mol. The Hall–Kier alpha value is -1.81. The standard InChI is InChI=1S/C12H10ClNO3/c1-6-3-4-8(13)7(2)11(6)10-5-9(12(15)16)14-17-10/h3-5H,1-2H3,(H,15,16). The van der Waals surface area contributed by atoms with E-state index in [0.29, 0.717) is 10.8 Å². The van der Waals surface area contributed by atoms with E-state index in [-0.39, 0.29) is 5.69 Å². The van der Waals surface area contributed by atoms with Gasteiger partial charge in [0.15, 0.2) is 11.5 Å². The van der Waals surface area contributed by atoms with E-state index >= 15 is 0 Å². The average Bonchev–Trinajstić information content (AvgIpc) is 2.73. The van der Waals surface area contributed by atoms with E-state index in [1.807, 2.05) is 19.9 Å². The third-order valence-electron chi connectivity index (χ3n) is 2.58. The number of benzene rings is 1. The quantitative estimate of drug-likeness (QED) is 0.889. The molecule has 0 aliphatic heterocycles. The van der Waals surface area contributed by atoms with Gasteiger partial charge in [0.1, 0.15) is 0 Å². The fourth-order valence-electron chi connectivity index (χ4n) is 1.69. The van der Waals surface area contributed by atoms with E-state index in [1.165, 1.54) is 6.07 Å². The molecule has 0 bridgehead atoms. The van der Waals surface area contributed by atoms with Crippen LogP contribution in [0.3, 0.4) is 0 Å². The summed E-state index contributed by atoms with van der Waals surface area (Å²) in [6.07, 6.45) is 0. The summed E-state index contributed by atoms with van der Waals surface area (Å²) in [5.74, 6) is -0.697. The highest BCUT2D eigenvalue weighted by molar-refractivity contribution is 6.31. The van der Waals surface area contributed by atoms with Crippen LogP contribution in [0.2, 0.25) is 5.02 Å². The van der Waals surface area contributed by atoms with Crippen LogP contribution in [0.25, 0.3) is 11.3 Å². The van der Waals surface area contributed by atoms with Crippen LogP contribution in [0, 0.1) is 13.8 Å². The molecule has 4 nitrogen and oxygen atoms in total. The van der Waals surface area contributed by atoms with E-state index in [9.17, 15) is 4.79 Å². The summed E-state index contributed by atoms with van der Waals surface area (Å²) < 4.78 is 5.04. The van der Waals surface area contributed by atoms with E-state index in [4.69, 9.17) is 21.2 Å². The minimum absolute atomic E-state index is 0.112. The number of aromatic nitrogens is 1. The van der Waals surface area contributed by atoms with Crippen molar-refractivity contribution in [2.75, 3.05) is 0 Å². The third-order valence-corrected chi connectivity index (χ3v) is 2.99. The SMILES string of the molecule is Cc1ccc(Cl)c(C)c1-c1cc(C(=O)O)no1. The molecule has 5 heteroatoms. The molecule has 1 N–H and O–H groups in total. The van der Waals surface area contributed by atoms with Crippen molar-refractivity contribution in [2.45, 2.75) is 13.8 Å². The molecule has 0 saturated heterocycles. The molecular weight excluding hydrogens is 242 g/mol. The molecule has 0 spiro atoms. The minimum atomic E-state index is -1.11. The Balaban J connectivity index is 2.60. The molecule has 0 aliphatic rings. The summed E-state index contributed by atoms with van der Waals surface area (Å²) in [4.78, 5) is 10.7. The van der Waals surface area contributed by atoms with Crippen molar-refractivity contribution in [3.63, 3.8) is 0 Å². The molecular formula is C12H10ClNO3. The Morgan fingerprint density at radius 2 is 2.12 bits per heavy atom. The first kappa shape index (κ1) is 11.7. The Morgan fingerprint density at radius 1 is 1.41 bits per heavy atom. The van der Waals surface area contributed by atoms with E-state index in [2.05, 4.69) is 5.16 Å². The summed E-state index contributed by atoms with van der Waals surface area (Å²) >= 11 is 6.03. The lowest BCUT2D eigenvalue weighted by atomic mass is 10.0. The van der Waals surface area contributed by atoms with Gasteiger partial charge in [-0.05, 0) is 31.0 Å². The highest BCUT2D eigenvalue weighted by Crippen LogP contribution is 2.32. The van der Waals surface area contributed by atoms with Crippen LogP contribution in [-0.2, 0) is 0 Å². The van der Waals surface area contributed by atoms with Crippen LogP contribution in [0.5, 0.6) is 0 Å². The van der Waals surface area contributed by atoms with Gasteiger partial charge in [-0.1, -0.05) is 22.8 Å². The maximum atomic E-state index is 10.7. The summed E-state index contributed by atoms with van der Waals surface area (Å²) in [5, 5.41) is 12.9. The van der Waals surface area contributed by atoms with Gasteiger partial charge in [-0.3, -0.25) is 0 Å². The van der Waals surface area contributed by atoms with Crippen LogP contribution >= 0.6 is 11.6 Å². The van der Waals surface area contributed by atoms with E-state index in [0.717, 1.165) is 16.7 Å². The largest absolute Gasteiger partial charge is 0.476 e. The molecule has 2 aromatic rings. The van der Waals surface area contributed by atoms with Crippen LogP contribution < -0.4 is 0 Å². The van der Waals surface area contributed by atoms with Crippen LogP contribution in [0.4, 0.5) is 0 Å². The number of halogens is 1. The van der Waals surface area contributed by atoms with Gasteiger partial charge in [-0.25, -0.2) is 4.79 Å². The summed E-state index contributed by atoms with van der Waals surface area (Å²) in [6, 6.07) is 5.05. The first-order chi connectivity index (χ1) is 8.00. The number of rotatable bonds is 2. The number of carbonyl (C=O) groups is 1. The van der Waals surface area contributed by atoms with Gasteiger partial charge in [0.05, 0.1) is 0 Å². The predicted molar refractivity (Wildman–Crippen MR) is 63.4 cm³/mol. The van der Waals surface area contributed by atoms with Gasteiger partial charge in [-0.2, -0.15) is 0 Å². The first-order valence-corrected chi connectivity index (χ1v) is 5.34. The lowest BCUT2D eigenvalue weighted by Crippen LogP contribution is -1.94. The molecule has 0 unspecified atom stereocenters. The third kappa shape index (κ3) is 2.03. The molecule has 0 amide bonds. The molecule has 0 radical (unpaired) electrons. The second-order valence-corrected chi connectivity index (χ2v) is 4.15. The zero-order chi connectivity index (χ0) is 12.6. The van der Waals surface area contributed by atoms with E-state index in [1.54, 1.807) is 6.07 Å². The maximum Gasteiger partial charge on any atom is 0.358 e. The number of hydrogen-bond donors (Lipinski definition) is 1. The molecule has 0 saturated carbocycles. The molecule has 0 aliphatic carbocycles. The lowest BCUT2D eigenvalue weighted by molar-refractivity contribution is 0.0686. The van der Waals surface area contributed by atoms with Gasteiger partial charge in [0, 0.05) is 16.7 Å². The number of nitrogens with zero attached hydrogens (tertiary/aromatic N) is 1. The number of aromatic carboxylic acids is 1. The van der Waals surface area contributed by atoms with Crippen molar-refractivity contribution in [3.05, 3.63) is 40.0 Å². The van der Waals surface area contributed by atoms with Crippen molar-refractivity contribution in [2.24, 2.45) is 0 Å². The minimum Gasteiger partial charge on any atom is -0.476 e. The summed E-state index contributed by atoms with van der Waals surface area (Å²) in [5.41, 5.74) is 2.48. The fourth-order valence-corrected chi connectivity index (χ4v) is 1.85. The van der Waals surface area contributed by atoms with Crippen LogP contribution in [0.15, 0.2) is 22.7 Å². The van der Waals surface area contributed by atoms with Crippen molar-refractivity contribution in [1.29, 1.82) is 0 Å². The molecule has 1 aromatic carbocycles. The van der Waals surface area contributed by atoms with Crippen molar-refractivity contribution < 1.29 is 14.4 Å². The predicted octanol–water partition coefficient (Wildman–Crippen LogP) is 3.31. The summed E-state index contributed by atoms with van der Waals surface area (Å²) in [6.45, 7) is 3.76. The normalized spacial score (nSPS) is 10.5. The van der Waals surface area contributed by atoms with Crippen molar-refractivity contribution in [3.8, 4) is 11.3 Å². The molecule has 17 heavy (non-hydrogen) atoms. The number of carboxylic acid groups (broad SMARTS) is 1. The second kappa shape index (κ2) is 4.22. The zero-order valence-electron chi connectivity index (χ0n) is 9.32. The average molecular weight is 252 g/mol. The van der Waals surface area contributed by atoms with E-state index < -0.39 is 5.97 Å². The molecule has 2 rings (SSSR count). The number of aryl methyl sites for hydroxylation is 1. The number of hydrogen-bond acceptors (Lipinski definition) is 3. The van der Waals surface area contributed by atoms with Crippen LogP contribution in [0.1, 0.15) is 21.6 Å². The van der Waals surface area contributed by atoms with Crippen molar-refractivity contribution in [1.82, 2.24) is 5.16 Å². The molecule has 1 aromatic heterocycles. The van der Waals surface area contributed by atoms with Crippen molar-refractivity contribution >= 4 is 17.6 Å². The molecule has 0 fully saturated rings. The smallest absolute Gasteiger partial charge is 0.358 e. The molecule has 0 atom stereocenters. The Labute approximate surface area is 103 Å². The van der Waals surface area contributed by atoms with Crippen LogP contribution in [-0.4, -0.2) is 16.2 Å². The molecule has 88 valence electrons. The zero-order valence-corrected chi connectivity index (χ0v) is 10.1. The van der Waals surface area contributed by atoms with Gasteiger partial charge in [0.2, 0.25) is 0 Å². The highest BCUT2D eigenvalue weighted by atomic mass is 35.5. The Morgan fingerprint density at radius 3 is 2.71 bits per heavy atom. The van der Waals surface area contributed by atoms with Gasteiger partial charge in [0.25, 0.3) is 0 Å². The lowest BCUT2D eigenvalue weighted by Gasteiger charge is -2.07. The Bertz CT molecular complexity index is 589. The van der Waals surface area contributed by atoms with Gasteiger partial charge in [-0.15, -0.1) is 0 Å². The Kier molecular flexibility index (Phi) is 2.90. The number of carboxylic acids is 1. The fraction of sp³-hybridized carbons (Fsp3) is 0.167. The maximum absolute atomic E-state index is 10.7. The summed E-state index contributed by atoms with van der Waals surface area (Å²) in [7, 11) is 0. The first-order valence-electron chi connectivity index (χ1n) is 4.97. The second-order valence-electron chi connectivity index (χ2n) is 3.75. The highest BCUT2D eigenvalue weighted by Gasteiger charge is 2.16. The molecule has 1 heterocycles. The van der Waals surface area contributed by atoms with Gasteiger partial charge >= 0.3 is 5.97 Å².